The number of ether oxygens (including phenoxy) is 1. The van der Waals surface area contributed by atoms with Crippen LogP contribution in [0.4, 0.5) is 0 Å². The van der Waals surface area contributed by atoms with E-state index in [2.05, 4.69) is 16.1 Å². The summed E-state index contributed by atoms with van der Waals surface area (Å²) >= 11 is 0. The number of carbonyl (C=O) groups is 1. The Balaban J connectivity index is 1.57. The number of terminal acetylenes is 1. The lowest BCUT2D eigenvalue weighted by atomic mass is 10.0. The summed E-state index contributed by atoms with van der Waals surface area (Å²) < 4.78 is 29.0. The minimum absolute atomic E-state index is 0.000390. The fourth-order valence-corrected chi connectivity index (χ4v) is 5.01. The van der Waals surface area contributed by atoms with Gasteiger partial charge in [-0.3, -0.25) is 4.79 Å². The van der Waals surface area contributed by atoms with Crippen molar-refractivity contribution >= 4 is 15.7 Å². The van der Waals surface area contributed by atoms with Crippen LogP contribution in [-0.4, -0.2) is 61.7 Å². The van der Waals surface area contributed by atoms with E-state index in [1.54, 1.807) is 4.90 Å². The molecule has 0 saturated carbocycles. The minimum Gasteiger partial charge on any atom is -0.373 e. The molecule has 0 aromatic rings. The molecule has 0 N–H and O–H groups in total. The summed E-state index contributed by atoms with van der Waals surface area (Å²) in [7, 11) is -3.12. The monoisotopic (exact) mass is 325 g/mol. The van der Waals surface area contributed by atoms with Crippen LogP contribution in [0, 0.1) is 12.3 Å². The van der Waals surface area contributed by atoms with Crippen LogP contribution in [0.3, 0.4) is 0 Å². The Morgan fingerprint density at radius 2 is 2.14 bits per heavy atom. The molecule has 2 saturated heterocycles. The number of nitrogens with zero attached hydrogens (tertiary/aromatic N) is 3. The average molecular weight is 325 g/mol. The third-order valence-corrected chi connectivity index (χ3v) is 6.13. The molecule has 120 valence electrons. The van der Waals surface area contributed by atoms with Crippen molar-refractivity contribution in [1.82, 2.24) is 4.90 Å². The molecule has 7 nitrogen and oxygen atoms in total. The zero-order chi connectivity index (χ0) is 15.8. The van der Waals surface area contributed by atoms with Crippen LogP contribution in [0.15, 0.2) is 10.2 Å². The topological polar surface area (TPSA) is 88.4 Å². The standard InChI is InChI=1S/C14H19N3O4S/c1-2-3-5-14(15-16-14)6-4-13(18)17-7-8-21-12-10-22(19,20)9-11(12)17/h1,11-12H,3-10H2/t11-,12+/m0/s1. The molecule has 0 spiro atoms. The van der Waals surface area contributed by atoms with Gasteiger partial charge in [-0.1, -0.05) is 0 Å². The van der Waals surface area contributed by atoms with Crippen LogP contribution in [0.25, 0.3) is 0 Å². The molecule has 2 fully saturated rings. The van der Waals surface area contributed by atoms with Crippen LogP contribution >= 0.6 is 0 Å². The van der Waals surface area contributed by atoms with Crippen LogP contribution in [0.1, 0.15) is 25.7 Å². The van der Waals surface area contributed by atoms with E-state index >= 15 is 0 Å². The molecule has 0 aliphatic carbocycles. The lowest BCUT2D eigenvalue weighted by molar-refractivity contribution is -0.143. The number of hydrogen-bond acceptors (Lipinski definition) is 6. The van der Waals surface area contributed by atoms with E-state index in [4.69, 9.17) is 11.2 Å². The number of amides is 1. The number of sulfone groups is 1. The number of hydrogen-bond donors (Lipinski definition) is 0. The first kappa shape index (κ1) is 15.4. The van der Waals surface area contributed by atoms with Crippen molar-refractivity contribution in [2.45, 2.75) is 43.5 Å². The van der Waals surface area contributed by atoms with E-state index in [1.165, 1.54) is 0 Å². The van der Waals surface area contributed by atoms with Crippen LogP contribution in [-0.2, 0) is 19.4 Å². The Morgan fingerprint density at radius 3 is 2.82 bits per heavy atom. The Labute approximate surface area is 130 Å². The molecule has 3 aliphatic rings. The molecule has 22 heavy (non-hydrogen) atoms. The van der Waals surface area contributed by atoms with E-state index in [-0.39, 0.29) is 29.6 Å². The first-order chi connectivity index (χ1) is 10.4. The highest BCUT2D eigenvalue weighted by molar-refractivity contribution is 7.91. The summed E-state index contributed by atoms with van der Waals surface area (Å²) in [4.78, 5) is 14.1. The second-order valence-corrected chi connectivity index (χ2v) is 8.18. The summed E-state index contributed by atoms with van der Waals surface area (Å²) in [5.74, 6) is 2.52. The molecule has 2 atom stereocenters. The average Bonchev–Trinajstić information content (AvgIpc) is 3.17. The fourth-order valence-electron chi connectivity index (χ4n) is 3.14. The molecule has 1 amide bonds. The van der Waals surface area contributed by atoms with Crippen LogP contribution < -0.4 is 0 Å². The molecule has 0 bridgehead atoms. The van der Waals surface area contributed by atoms with E-state index in [9.17, 15) is 13.2 Å². The van der Waals surface area contributed by atoms with Crippen molar-refractivity contribution < 1.29 is 17.9 Å². The van der Waals surface area contributed by atoms with Crippen LogP contribution in [0.5, 0.6) is 0 Å². The fraction of sp³-hybridized carbons (Fsp3) is 0.786. The molecule has 8 heteroatoms. The van der Waals surface area contributed by atoms with Gasteiger partial charge in [-0.25, -0.2) is 8.42 Å². The molecular formula is C14H19N3O4S. The third kappa shape index (κ3) is 3.15. The quantitative estimate of drug-likeness (QED) is 0.683. The highest BCUT2D eigenvalue weighted by Gasteiger charge is 2.46. The van der Waals surface area contributed by atoms with E-state index in [0.29, 0.717) is 38.8 Å². The van der Waals surface area contributed by atoms with E-state index in [1.807, 2.05) is 0 Å². The van der Waals surface area contributed by atoms with Crippen molar-refractivity contribution in [3.63, 3.8) is 0 Å². The van der Waals surface area contributed by atoms with Gasteiger partial charge in [-0.05, 0) is 0 Å². The van der Waals surface area contributed by atoms with Gasteiger partial charge in [0.15, 0.2) is 15.5 Å². The molecule has 0 radical (unpaired) electrons. The van der Waals surface area contributed by atoms with Crippen molar-refractivity contribution in [1.29, 1.82) is 0 Å². The van der Waals surface area contributed by atoms with Crippen molar-refractivity contribution in [2.24, 2.45) is 10.2 Å². The van der Waals surface area contributed by atoms with Gasteiger partial charge in [0.1, 0.15) is 0 Å². The predicted molar refractivity (Wildman–Crippen MR) is 78.8 cm³/mol. The van der Waals surface area contributed by atoms with E-state index in [0.717, 1.165) is 0 Å². The number of carbonyl (C=O) groups excluding carboxylic acids is 1. The van der Waals surface area contributed by atoms with Gasteiger partial charge < -0.3 is 9.64 Å². The van der Waals surface area contributed by atoms with Gasteiger partial charge in [-0.2, -0.15) is 10.2 Å². The van der Waals surface area contributed by atoms with E-state index < -0.39 is 15.5 Å². The zero-order valence-electron chi connectivity index (χ0n) is 12.3. The summed E-state index contributed by atoms with van der Waals surface area (Å²) in [5, 5.41) is 8.03. The Bertz CT molecular complexity index is 631. The van der Waals surface area contributed by atoms with Gasteiger partial charge in [0, 0.05) is 32.2 Å². The number of morpholine rings is 1. The molecule has 3 aliphatic heterocycles. The first-order valence-corrected chi connectivity index (χ1v) is 9.26. The summed E-state index contributed by atoms with van der Waals surface area (Å²) in [6, 6.07) is -0.346. The zero-order valence-corrected chi connectivity index (χ0v) is 13.1. The van der Waals surface area contributed by atoms with Gasteiger partial charge in [0.2, 0.25) is 5.91 Å². The minimum atomic E-state index is -3.12. The van der Waals surface area contributed by atoms with Crippen molar-refractivity contribution in [2.75, 3.05) is 24.7 Å². The number of rotatable bonds is 5. The lowest BCUT2D eigenvalue weighted by Crippen LogP contribution is -2.53. The smallest absolute Gasteiger partial charge is 0.223 e. The molecule has 0 unspecified atom stereocenters. The highest BCUT2D eigenvalue weighted by Crippen LogP contribution is 2.38. The van der Waals surface area contributed by atoms with Gasteiger partial charge in [0.05, 0.1) is 30.3 Å². The molecule has 3 rings (SSSR count). The first-order valence-electron chi connectivity index (χ1n) is 7.44. The largest absolute Gasteiger partial charge is 0.373 e. The molecular weight excluding hydrogens is 306 g/mol. The molecule has 3 heterocycles. The molecule has 0 aromatic carbocycles. The van der Waals surface area contributed by atoms with Gasteiger partial charge in [-0.15, -0.1) is 12.3 Å². The Morgan fingerprint density at radius 1 is 1.36 bits per heavy atom. The Kier molecular flexibility index (Phi) is 3.95. The summed E-state index contributed by atoms with van der Waals surface area (Å²) in [6.07, 6.45) is 6.95. The second-order valence-electron chi connectivity index (χ2n) is 6.03. The maximum Gasteiger partial charge on any atom is 0.223 e. The third-order valence-electron chi connectivity index (χ3n) is 4.45. The van der Waals surface area contributed by atoms with Crippen molar-refractivity contribution in [3.8, 4) is 12.3 Å². The highest BCUT2D eigenvalue weighted by atomic mass is 32.2. The van der Waals surface area contributed by atoms with Gasteiger partial charge in [0.25, 0.3) is 0 Å². The molecule has 0 aromatic heterocycles. The maximum atomic E-state index is 12.5. The summed E-state index contributed by atoms with van der Waals surface area (Å²) in [5.41, 5.74) is -0.477. The predicted octanol–water partition coefficient (Wildman–Crippen LogP) is 0.367. The van der Waals surface area contributed by atoms with Gasteiger partial charge >= 0.3 is 0 Å². The normalized spacial score (nSPS) is 30.6. The maximum absolute atomic E-state index is 12.5. The number of fused-ring (bicyclic) bond motifs is 1. The Hall–Kier alpha value is -1.46. The summed E-state index contributed by atoms with van der Waals surface area (Å²) in [6.45, 7) is 0.834. The SMILES string of the molecule is C#CCCC1(CCC(=O)N2CCO[C@@H]3CS(=O)(=O)C[C@@H]32)N=N1. The van der Waals surface area contributed by atoms with Crippen LogP contribution in [0.2, 0.25) is 0 Å². The second kappa shape index (κ2) is 5.63. The van der Waals surface area contributed by atoms with Crippen molar-refractivity contribution in [3.05, 3.63) is 0 Å². The lowest BCUT2D eigenvalue weighted by Gasteiger charge is -2.36.